The summed E-state index contributed by atoms with van der Waals surface area (Å²) in [4.78, 5) is 18.8. The van der Waals surface area contributed by atoms with Crippen LogP contribution in [0, 0.1) is 0 Å². The molecule has 2 aromatic rings. The van der Waals surface area contributed by atoms with Crippen molar-refractivity contribution >= 4 is 29.1 Å². The summed E-state index contributed by atoms with van der Waals surface area (Å²) in [6, 6.07) is 3.90. The van der Waals surface area contributed by atoms with Crippen LogP contribution in [0.5, 0.6) is 0 Å². The van der Waals surface area contributed by atoms with E-state index >= 15 is 0 Å². The van der Waals surface area contributed by atoms with Gasteiger partial charge in [0.05, 0.1) is 12.1 Å². The number of thiazole rings is 1. The first-order valence-corrected chi connectivity index (χ1v) is 6.78. The Kier molecular flexibility index (Phi) is 4.11. The zero-order valence-electron chi connectivity index (χ0n) is 8.87. The lowest BCUT2D eigenvalue weighted by atomic mass is 10.3. The lowest BCUT2D eigenvalue weighted by Crippen LogP contribution is -1.99. The van der Waals surface area contributed by atoms with Crippen LogP contribution in [-0.4, -0.2) is 21.0 Å². The molecule has 0 fully saturated rings. The number of aliphatic carboxylic acids is 1. The van der Waals surface area contributed by atoms with Gasteiger partial charge in [0, 0.05) is 23.5 Å². The SMILES string of the molecule is O=C(O)Cc1csc(SCc2cccnc2)n1. The zero-order valence-corrected chi connectivity index (χ0v) is 10.5. The van der Waals surface area contributed by atoms with E-state index in [4.69, 9.17) is 5.11 Å². The Balaban J connectivity index is 1.91. The molecule has 2 heterocycles. The number of carboxylic acids is 1. The Hall–Kier alpha value is -1.40. The van der Waals surface area contributed by atoms with Crippen LogP contribution in [0.15, 0.2) is 34.2 Å². The molecule has 4 nitrogen and oxygen atoms in total. The molecule has 0 radical (unpaired) electrons. The number of nitrogens with zero attached hydrogens (tertiary/aromatic N) is 2. The number of hydrogen-bond acceptors (Lipinski definition) is 5. The van der Waals surface area contributed by atoms with Crippen molar-refractivity contribution in [2.75, 3.05) is 0 Å². The van der Waals surface area contributed by atoms with Crippen LogP contribution in [0.4, 0.5) is 0 Å². The number of carbonyl (C=O) groups is 1. The molecule has 0 spiro atoms. The molecule has 0 unspecified atom stereocenters. The highest BCUT2D eigenvalue weighted by Crippen LogP contribution is 2.25. The molecule has 17 heavy (non-hydrogen) atoms. The maximum absolute atomic E-state index is 10.5. The molecule has 0 aromatic carbocycles. The quantitative estimate of drug-likeness (QED) is 0.842. The molecule has 0 atom stereocenters. The molecular formula is C11H10N2O2S2. The van der Waals surface area contributed by atoms with Gasteiger partial charge >= 0.3 is 5.97 Å². The van der Waals surface area contributed by atoms with Crippen LogP contribution in [0.3, 0.4) is 0 Å². The molecule has 0 amide bonds. The van der Waals surface area contributed by atoms with Crippen LogP contribution in [0.2, 0.25) is 0 Å². The molecule has 0 bridgehead atoms. The topological polar surface area (TPSA) is 63.1 Å². The summed E-state index contributed by atoms with van der Waals surface area (Å²) >= 11 is 3.07. The van der Waals surface area contributed by atoms with Crippen LogP contribution in [-0.2, 0) is 17.0 Å². The van der Waals surface area contributed by atoms with E-state index in [0.717, 1.165) is 15.7 Å². The fourth-order valence-corrected chi connectivity index (χ4v) is 3.00. The van der Waals surface area contributed by atoms with E-state index in [1.165, 1.54) is 11.3 Å². The minimum absolute atomic E-state index is 0.00997. The van der Waals surface area contributed by atoms with Crippen molar-refractivity contribution in [2.45, 2.75) is 16.5 Å². The van der Waals surface area contributed by atoms with Crippen molar-refractivity contribution < 1.29 is 9.90 Å². The first-order valence-electron chi connectivity index (χ1n) is 4.92. The number of rotatable bonds is 5. The molecule has 0 aliphatic heterocycles. The first kappa shape index (κ1) is 12.1. The zero-order chi connectivity index (χ0) is 12.1. The molecule has 0 aliphatic carbocycles. The summed E-state index contributed by atoms with van der Waals surface area (Å²) in [5.74, 6) is -0.0486. The van der Waals surface area contributed by atoms with Gasteiger partial charge in [0.2, 0.25) is 0 Å². The highest BCUT2D eigenvalue weighted by atomic mass is 32.2. The number of carboxylic acid groups (broad SMARTS) is 1. The van der Waals surface area contributed by atoms with Gasteiger partial charge in [-0.25, -0.2) is 4.98 Å². The highest BCUT2D eigenvalue weighted by molar-refractivity contribution is 8.00. The van der Waals surface area contributed by atoms with Crippen LogP contribution >= 0.6 is 23.1 Å². The predicted molar refractivity (Wildman–Crippen MR) is 67.3 cm³/mol. The van der Waals surface area contributed by atoms with Crippen molar-refractivity contribution in [2.24, 2.45) is 0 Å². The summed E-state index contributed by atoms with van der Waals surface area (Å²) < 4.78 is 0.894. The smallest absolute Gasteiger partial charge is 0.309 e. The lowest BCUT2D eigenvalue weighted by molar-refractivity contribution is -0.136. The van der Waals surface area contributed by atoms with Gasteiger partial charge in [-0.15, -0.1) is 11.3 Å². The molecule has 6 heteroatoms. The van der Waals surface area contributed by atoms with Gasteiger partial charge in [-0.2, -0.15) is 0 Å². The average molecular weight is 266 g/mol. The van der Waals surface area contributed by atoms with E-state index in [-0.39, 0.29) is 6.42 Å². The Bertz CT molecular complexity index is 499. The van der Waals surface area contributed by atoms with Gasteiger partial charge in [-0.3, -0.25) is 9.78 Å². The monoisotopic (exact) mass is 266 g/mol. The molecular weight excluding hydrogens is 256 g/mol. The van der Waals surface area contributed by atoms with E-state index in [0.29, 0.717) is 5.69 Å². The second-order valence-corrected chi connectivity index (χ2v) is 5.41. The normalized spacial score (nSPS) is 10.4. The predicted octanol–water partition coefficient (Wildman–Crippen LogP) is 2.46. The number of hydrogen-bond donors (Lipinski definition) is 1. The molecule has 88 valence electrons. The van der Waals surface area contributed by atoms with Gasteiger partial charge in [0.15, 0.2) is 0 Å². The Morgan fingerprint density at radius 2 is 2.41 bits per heavy atom. The maximum Gasteiger partial charge on any atom is 0.309 e. The summed E-state index contributed by atoms with van der Waals surface area (Å²) in [6.07, 6.45) is 3.55. The van der Waals surface area contributed by atoms with Crippen molar-refractivity contribution in [1.82, 2.24) is 9.97 Å². The minimum Gasteiger partial charge on any atom is -0.481 e. The van der Waals surface area contributed by atoms with Crippen molar-refractivity contribution in [3.63, 3.8) is 0 Å². The summed E-state index contributed by atoms with van der Waals surface area (Å²) in [6.45, 7) is 0. The van der Waals surface area contributed by atoms with Crippen molar-refractivity contribution in [1.29, 1.82) is 0 Å². The summed E-state index contributed by atoms with van der Waals surface area (Å²) in [5, 5.41) is 10.4. The Morgan fingerprint density at radius 1 is 1.53 bits per heavy atom. The van der Waals surface area contributed by atoms with E-state index < -0.39 is 5.97 Å². The van der Waals surface area contributed by atoms with E-state index in [2.05, 4.69) is 9.97 Å². The van der Waals surface area contributed by atoms with E-state index in [1.54, 1.807) is 23.3 Å². The standard InChI is InChI=1S/C11H10N2O2S2/c14-10(15)4-9-7-17-11(13-9)16-6-8-2-1-3-12-5-8/h1-3,5,7H,4,6H2,(H,14,15). The number of aromatic nitrogens is 2. The Labute approximate surface area is 107 Å². The van der Waals surface area contributed by atoms with Gasteiger partial charge in [-0.1, -0.05) is 17.8 Å². The summed E-state index contributed by atoms with van der Waals surface area (Å²) in [5.41, 5.74) is 1.75. The second-order valence-electron chi connectivity index (χ2n) is 3.33. The van der Waals surface area contributed by atoms with Gasteiger partial charge in [-0.05, 0) is 11.6 Å². The highest BCUT2D eigenvalue weighted by Gasteiger charge is 2.06. The molecule has 0 saturated heterocycles. The van der Waals surface area contributed by atoms with E-state index in [1.807, 2.05) is 18.3 Å². The van der Waals surface area contributed by atoms with Gasteiger partial charge in [0.25, 0.3) is 0 Å². The van der Waals surface area contributed by atoms with Crippen LogP contribution in [0.1, 0.15) is 11.3 Å². The fraction of sp³-hybridized carbons (Fsp3) is 0.182. The maximum atomic E-state index is 10.5. The first-order chi connectivity index (χ1) is 8.24. The third-order valence-corrected chi connectivity index (χ3v) is 4.09. The molecule has 0 aliphatic rings. The van der Waals surface area contributed by atoms with Crippen LogP contribution in [0.25, 0.3) is 0 Å². The third kappa shape index (κ3) is 3.83. The van der Waals surface area contributed by atoms with Gasteiger partial charge < -0.3 is 5.11 Å². The lowest BCUT2D eigenvalue weighted by Gasteiger charge is -1.96. The van der Waals surface area contributed by atoms with Crippen molar-refractivity contribution in [3.05, 3.63) is 41.2 Å². The second kappa shape index (κ2) is 5.79. The molecule has 1 N–H and O–H groups in total. The molecule has 2 rings (SSSR count). The van der Waals surface area contributed by atoms with E-state index in [9.17, 15) is 4.79 Å². The largest absolute Gasteiger partial charge is 0.481 e. The fourth-order valence-electron chi connectivity index (χ4n) is 1.22. The number of thioether (sulfide) groups is 1. The minimum atomic E-state index is -0.848. The number of pyridine rings is 1. The molecule has 2 aromatic heterocycles. The Morgan fingerprint density at radius 3 is 3.12 bits per heavy atom. The average Bonchev–Trinajstić information content (AvgIpc) is 2.75. The van der Waals surface area contributed by atoms with Gasteiger partial charge in [0.1, 0.15) is 4.34 Å². The third-order valence-electron chi connectivity index (χ3n) is 1.95. The molecule has 0 saturated carbocycles. The summed E-state index contributed by atoms with van der Waals surface area (Å²) in [7, 11) is 0. The van der Waals surface area contributed by atoms with Crippen LogP contribution < -0.4 is 0 Å². The van der Waals surface area contributed by atoms with Crippen molar-refractivity contribution in [3.8, 4) is 0 Å².